The van der Waals surface area contributed by atoms with Crippen molar-refractivity contribution in [3.8, 4) is 0 Å². The molecule has 1 aromatic rings. The molecule has 0 spiro atoms. The molecule has 0 bridgehead atoms. The van der Waals surface area contributed by atoms with E-state index in [1.54, 1.807) is 0 Å². The number of furan rings is 1. The van der Waals surface area contributed by atoms with E-state index in [2.05, 4.69) is 13.0 Å². The molecule has 1 unspecified atom stereocenters. The van der Waals surface area contributed by atoms with Gasteiger partial charge in [-0.05, 0) is 26.3 Å². The first kappa shape index (κ1) is 11.3. The lowest BCUT2D eigenvalue weighted by Crippen LogP contribution is -2.10. The van der Waals surface area contributed by atoms with E-state index < -0.39 is 0 Å². The molecule has 0 aliphatic rings. The highest BCUT2D eigenvalue weighted by Crippen LogP contribution is 2.23. The van der Waals surface area contributed by atoms with Gasteiger partial charge in [0.25, 0.3) is 0 Å². The van der Waals surface area contributed by atoms with Crippen LogP contribution in [0.15, 0.2) is 10.5 Å². The van der Waals surface area contributed by atoms with Crippen molar-refractivity contribution < 1.29 is 4.42 Å². The predicted molar refractivity (Wildman–Crippen MR) is 59.3 cm³/mol. The van der Waals surface area contributed by atoms with Crippen LogP contribution in [0.4, 0.5) is 0 Å². The fourth-order valence-corrected chi connectivity index (χ4v) is 1.79. The molecular formula is C12H21NO. The molecule has 0 fully saturated rings. The van der Waals surface area contributed by atoms with Gasteiger partial charge in [-0.25, -0.2) is 0 Å². The lowest BCUT2D eigenvalue weighted by atomic mass is 10.0. The average Bonchev–Trinajstić information content (AvgIpc) is 2.45. The van der Waals surface area contributed by atoms with Gasteiger partial charge in [-0.2, -0.15) is 0 Å². The topological polar surface area (TPSA) is 39.2 Å². The summed E-state index contributed by atoms with van der Waals surface area (Å²) < 4.78 is 5.46. The van der Waals surface area contributed by atoms with Gasteiger partial charge >= 0.3 is 0 Å². The Balaban J connectivity index is 2.51. The van der Waals surface area contributed by atoms with E-state index in [0.717, 1.165) is 17.9 Å². The zero-order chi connectivity index (χ0) is 10.6. The third kappa shape index (κ3) is 2.88. The van der Waals surface area contributed by atoms with Gasteiger partial charge in [0.1, 0.15) is 11.5 Å². The zero-order valence-corrected chi connectivity index (χ0v) is 9.47. The Morgan fingerprint density at radius 2 is 2.07 bits per heavy atom. The number of unbranched alkanes of at least 4 members (excludes halogenated alkanes) is 2. The second-order valence-electron chi connectivity index (χ2n) is 3.97. The molecule has 1 rings (SSSR count). The molecule has 0 amide bonds. The van der Waals surface area contributed by atoms with Gasteiger partial charge in [-0.15, -0.1) is 0 Å². The number of hydrogen-bond acceptors (Lipinski definition) is 2. The van der Waals surface area contributed by atoms with E-state index in [-0.39, 0.29) is 6.04 Å². The van der Waals surface area contributed by atoms with Crippen molar-refractivity contribution in [3.05, 3.63) is 23.2 Å². The molecule has 1 atom stereocenters. The monoisotopic (exact) mass is 195 g/mol. The van der Waals surface area contributed by atoms with Crippen molar-refractivity contribution in [2.24, 2.45) is 5.73 Å². The lowest BCUT2D eigenvalue weighted by molar-refractivity contribution is 0.492. The first-order valence-corrected chi connectivity index (χ1v) is 5.47. The van der Waals surface area contributed by atoms with Crippen LogP contribution in [-0.4, -0.2) is 0 Å². The molecule has 0 aromatic carbocycles. The highest BCUT2D eigenvalue weighted by atomic mass is 16.3. The maximum Gasteiger partial charge on any atom is 0.105 e. The summed E-state index contributed by atoms with van der Waals surface area (Å²) in [4.78, 5) is 0. The smallest absolute Gasteiger partial charge is 0.105 e. The Morgan fingerprint density at radius 1 is 1.36 bits per heavy atom. The fourth-order valence-electron chi connectivity index (χ4n) is 1.79. The highest BCUT2D eigenvalue weighted by Gasteiger charge is 2.12. The molecule has 0 saturated heterocycles. The van der Waals surface area contributed by atoms with Gasteiger partial charge < -0.3 is 10.2 Å². The molecule has 2 heteroatoms. The van der Waals surface area contributed by atoms with Crippen molar-refractivity contribution in [3.63, 3.8) is 0 Å². The third-order valence-corrected chi connectivity index (χ3v) is 2.60. The molecule has 0 radical (unpaired) electrons. The number of nitrogens with two attached hydrogens (primary N) is 1. The third-order valence-electron chi connectivity index (χ3n) is 2.60. The Kier molecular flexibility index (Phi) is 4.21. The van der Waals surface area contributed by atoms with Gasteiger partial charge in [0.2, 0.25) is 0 Å². The minimum absolute atomic E-state index is 0.152. The van der Waals surface area contributed by atoms with Gasteiger partial charge in [-0.3, -0.25) is 0 Å². The van der Waals surface area contributed by atoms with Crippen LogP contribution in [0.25, 0.3) is 0 Å². The van der Waals surface area contributed by atoms with Gasteiger partial charge in [-0.1, -0.05) is 26.2 Å². The summed E-state index contributed by atoms with van der Waals surface area (Å²) in [6.45, 7) is 6.16. The van der Waals surface area contributed by atoms with Crippen LogP contribution in [0.2, 0.25) is 0 Å². The fraction of sp³-hybridized carbons (Fsp3) is 0.667. The normalized spacial score (nSPS) is 13.1. The van der Waals surface area contributed by atoms with E-state index >= 15 is 0 Å². The summed E-state index contributed by atoms with van der Waals surface area (Å²) >= 11 is 0. The van der Waals surface area contributed by atoms with Crippen LogP contribution in [-0.2, 0) is 0 Å². The number of rotatable bonds is 5. The molecule has 80 valence electrons. The maximum absolute atomic E-state index is 6.09. The maximum atomic E-state index is 6.09. The SMILES string of the molecule is CCCCCC(N)c1cc(C)oc1C. The van der Waals surface area contributed by atoms with E-state index in [0.29, 0.717) is 0 Å². The largest absolute Gasteiger partial charge is 0.466 e. The van der Waals surface area contributed by atoms with E-state index in [4.69, 9.17) is 10.2 Å². The van der Waals surface area contributed by atoms with Crippen LogP contribution >= 0.6 is 0 Å². The molecule has 14 heavy (non-hydrogen) atoms. The number of hydrogen-bond donors (Lipinski definition) is 1. The van der Waals surface area contributed by atoms with Crippen LogP contribution in [0, 0.1) is 13.8 Å². The van der Waals surface area contributed by atoms with Crippen molar-refractivity contribution in [1.82, 2.24) is 0 Å². The number of aryl methyl sites for hydroxylation is 2. The van der Waals surface area contributed by atoms with Crippen molar-refractivity contribution >= 4 is 0 Å². The summed E-state index contributed by atoms with van der Waals surface area (Å²) in [5.74, 6) is 1.94. The molecule has 2 nitrogen and oxygen atoms in total. The Labute approximate surface area is 86.5 Å². The Morgan fingerprint density at radius 3 is 2.57 bits per heavy atom. The summed E-state index contributed by atoms with van der Waals surface area (Å²) in [5, 5.41) is 0. The van der Waals surface area contributed by atoms with Crippen LogP contribution in [0.1, 0.15) is 55.7 Å². The first-order chi connectivity index (χ1) is 6.65. The van der Waals surface area contributed by atoms with Crippen LogP contribution in [0.3, 0.4) is 0 Å². The standard InChI is InChI=1S/C12H21NO/c1-4-5-6-7-12(13)11-8-9(2)14-10(11)3/h8,12H,4-7,13H2,1-3H3. The molecule has 0 saturated carbocycles. The molecule has 1 aromatic heterocycles. The molecule has 0 aliphatic carbocycles. The summed E-state index contributed by atoms with van der Waals surface area (Å²) in [7, 11) is 0. The second kappa shape index (κ2) is 5.20. The summed E-state index contributed by atoms with van der Waals surface area (Å²) in [6, 6.07) is 2.21. The van der Waals surface area contributed by atoms with Gasteiger partial charge in [0.15, 0.2) is 0 Å². The predicted octanol–water partition coefficient (Wildman–Crippen LogP) is 3.48. The van der Waals surface area contributed by atoms with Crippen LogP contribution in [0.5, 0.6) is 0 Å². The molecule has 2 N–H and O–H groups in total. The first-order valence-electron chi connectivity index (χ1n) is 5.47. The minimum atomic E-state index is 0.152. The summed E-state index contributed by atoms with van der Waals surface area (Å²) in [5.41, 5.74) is 7.27. The summed E-state index contributed by atoms with van der Waals surface area (Å²) in [6.07, 6.45) is 4.79. The van der Waals surface area contributed by atoms with E-state index in [1.165, 1.54) is 24.8 Å². The second-order valence-corrected chi connectivity index (χ2v) is 3.97. The van der Waals surface area contributed by atoms with Crippen molar-refractivity contribution in [2.75, 3.05) is 0 Å². The van der Waals surface area contributed by atoms with Gasteiger partial charge in [0.05, 0.1) is 0 Å². The highest BCUT2D eigenvalue weighted by molar-refractivity contribution is 5.23. The quantitative estimate of drug-likeness (QED) is 0.730. The minimum Gasteiger partial charge on any atom is -0.466 e. The molecule has 0 aliphatic heterocycles. The Hall–Kier alpha value is -0.760. The molecular weight excluding hydrogens is 174 g/mol. The lowest BCUT2D eigenvalue weighted by Gasteiger charge is -2.09. The van der Waals surface area contributed by atoms with E-state index in [1.807, 2.05) is 13.8 Å². The van der Waals surface area contributed by atoms with Gasteiger partial charge in [0, 0.05) is 11.6 Å². The van der Waals surface area contributed by atoms with Crippen molar-refractivity contribution in [2.45, 2.75) is 52.5 Å². The van der Waals surface area contributed by atoms with E-state index in [9.17, 15) is 0 Å². The van der Waals surface area contributed by atoms with Crippen molar-refractivity contribution in [1.29, 1.82) is 0 Å². The molecule has 1 heterocycles. The zero-order valence-electron chi connectivity index (χ0n) is 9.47. The van der Waals surface area contributed by atoms with Crippen LogP contribution < -0.4 is 5.73 Å². The Bertz CT molecular complexity index is 278. The average molecular weight is 195 g/mol.